The van der Waals surface area contributed by atoms with Crippen LogP contribution < -0.4 is 5.32 Å². The number of nitrogens with one attached hydrogen (secondary N) is 1. The van der Waals surface area contributed by atoms with Crippen LogP contribution >= 0.6 is 15.9 Å². The van der Waals surface area contributed by atoms with Gasteiger partial charge in [0.15, 0.2) is 0 Å². The third-order valence-electron chi connectivity index (χ3n) is 2.08. The number of benzene rings is 1. The molecule has 0 saturated carbocycles. The molecule has 0 aliphatic carbocycles. The van der Waals surface area contributed by atoms with Gasteiger partial charge in [-0.3, -0.25) is 4.79 Å². The van der Waals surface area contributed by atoms with Crippen LogP contribution in [0.1, 0.15) is 22.8 Å². The van der Waals surface area contributed by atoms with E-state index in [1.807, 2.05) is 0 Å². The first-order chi connectivity index (χ1) is 8.21. The topological polar surface area (TPSA) is 29.1 Å². The maximum Gasteiger partial charge on any atom is 0.419 e. The van der Waals surface area contributed by atoms with Crippen molar-refractivity contribution in [2.45, 2.75) is 17.9 Å². The molecule has 1 unspecified atom stereocenters. The van der Waals surface area contributed by atoms with Gasteiger partial charge in [-0.15, -0.1) is 0 Å². The molecule has 0 radical (unpaired) electrons. The average Bonchev–Trinajstić information content (AvgIpc) is 2.24. The molecule has 1 N–H and O–H groups in total. The highest BCUT2D eigenvalue weighted by Crippen LogP contribution is 2.31. The standard InChI is InChI=1S/C11H10BrF4NO/c1-6(12)5-17-10(18)7-2-3-9(13)8(4-7)11(14,15)16/h2-4,6H,5H2,1H3,(H,17,18). The molecule has 0 saturated heterocycles. The molecule has 0 bridgehead atoms. The van der Waals surface area contributed by atoms with Gasteiger partial charge in [-0.25, -0.2) is 4.39 Å². The van der Waals surface area contributed by atoms with E-state index >= 15 is 0 Å². The van der Waals surface area contributed by atoms with Gasteiger partial charge in [-0.2, -0.15) is 13.2 Å². The molecular formula is C11H10BrF4NO. The molecule has 1 rings (SSSR count). The van der Waals surface area contributed by atoms with Crippen LogP contribution in [0.2, 0.25) is 0 Å². The van der Waals surface area contributed by atoms with E-state index in [-0.39, 0.29) is 16.9 Å². The highest BCUT2D eigenvalue weighted by molar-refractivity contribution is 9.09. The fraction of sp³-hybridized carbons (Fsp3) is 0.364. The molecule has 1 aromatic rings. The van der Waals surface area contributed by atoms with E-state index in [1.54, 1.807) is 6.92 Å². The van der Waals surface area contributed by atoms with E-state index in [0.717, 1.165) is 6.07 Å². The van der Waals surface area contributed by atoms with E-state index in [0.29, 0.717) is 12.1 Å². The summed E-state index contributed by atoms with van der Waals surface area (Å²) in [6, 6.07) is 2.15. The van der Waals surface area contributed by atoms with Gasteiger partial charge >= 0.3 is 6.18 Å². The van der Waals surface area contributed by atoms with Crippen molar-refractivity contribution >= 4 is 21.8 Å². The molecule has 100 valence electrons. The third-order valence-corrected chi connectivity index (χ3v) is 2.40. The van der Waals surface area contributed by atoms with E-state index in [1.165, 1.54) is 0 Å². The first-order valence-corrected chi connectivity index (χ1v) is 5.92. The van der Waals surface area contributed by atoms with Crippen LogP contribution in [0.25, 0.3) is 0 Å². The fourth-order valence-electron chi connectivity index (χ4n) is 1.22. The number of carbonyl (C=O) groups excluding carboxylic acids is 1. The van der Waals surface area contributed by atoms with Crippen LogP contribution in [0.5, 0.6) is 0 Å². The van der Waals surface area contributed by atoms with Gasteiger partial charge in [0.1, 0.15) is 5.82 Å². The molecule has 1 atom stereocenters. The summed E-state index contributed by atoms with van der Waals surface area (Å²) in [7, 11) is 0. The van der Waals surface area contributed by atoms with Crippen molar-refractivity contribution in [2.75, 3.05) is 6.54 Å². The van der Waals surface area contributed by atoms with Crippen molar-refractivity contribution in [3.63, 3.8) is 0 Å². The lowest BCUT2D eigenvalue weighted by Crippen LogP contribution is -2.28. The molecule has 1 amide bonds. The number of hydrogen-bond donors (Lipinski definition) is 1. The number of halogens is 5. The number of rotatable bonds is 3. The third kappa shape index (κ3) is 3.97. The van der Waals surface area contributed by atoms with Crippen LogP contribution in [0.3, 0.4) is 0 Å². The number of alkyl halides is 4. The lowest BCUT2D eigenvalue weighted by Gasteiger charge is -2.11. The molecule has 0 spiro atoms. The Morgan fingerprint density at radius 2 is 2.06 bits per heavy atom. The first-order valence-electron chi connectivity index (χ1n) is 5.01. The van der Waals surface area contributed by atoms with E-state index < -0.39 is 23.5 Å². The Labute approximate surface area is 109 Å². The summed E-state index contributed by atoms with van der Waals surface area (Å²) in [5.41, 5.74) is -1.67. The van der Waals surface area contributed by atoms with Crippen LogP contribution in [0, 0.1) is 5.82 Å². The van der Waals surface area contributed by atoms with Crippen LogP contribution in [0.15, 0.2) is 18.2 Å². The molecule has 2 nitrogen and oxygen atoms in total. The van der Waals surface area contributed by atoms with Gasteiger partial charge in [-0.1, -0.05) is 22.9 Å². The Balaban J connectivity index is 2.95. The summed E-state index contributed by atoms with van der Waals surface area (Å²) < 4.78 is 50.3. The predicted molar refractivity (Wildman–Crippen MR) is 62.1 cm³/mol. The quantitative estimate of drug-likeness (QED) is 0.669. The van der Waals surface area contributed by atoms with Gasteiger partial charge in [0.05, 0.1) is 5.56 Å². The monoisotopic (exact) mass is 327 g/mol. The molecule has 1 aromatic carbocycles. The van der Waals surface area contributed by atoms with Crippen molar-refractivity contribution in [1.29, 1.82) is 0 Å². The second kappa shape index (κ2) is 5.69. The fourth-order valence-corrected chi connectivity index (χ4v) is 1.38. The van der Waals surface area contributed by atoms with Crippen molar-refractivity contribution < 1.29 is 22.4 Å². The number of amides is 1. The van der Waals surface area contributed by atoms with Crippen molar-refractivity contribution in [3.05, 3.63) is 35.1 Å². The van der Waals surface area contributed by atoms with Gasteiger partial charge in [0.25, 0.3) is 5.91 Å². The van der Waals surface area contributed by atoms with Gasteiger partial charge < -0.3 is 5.32 Å². The normalized spacial score (nSPS) is 13.2. The van der Waals surface area contributed by atoms with Crippen molar-refractivity contribution in [3.8, 4) is 0 Å². The highest BCUT2D eigenvalue weighted by atomic mass is 79.9. The Hall–Kier alpha value is -1.11. The Kier molecular flexibility index (Phi) is 4.72. The van der Waals surface area contributed by atoms with Gasteiger partial charge in [-0.05, 0) is 18.2 Å². The van der Waals surface area contributed by atoms with Crippen LogP contribution in [-0.2, 0) is 6.18 Å². The number of carbonyl (C=O) groups is 1. The predicted octanol–water partition coefficient (Wildman–Crippen LogP) is 3.36. The second-order valence-corrected chi connectivity index (χ2v) is 5.25. The SMILES string of the molecule is CC(Br)CNC(=O)c1ccc(F)c(C(F)(F)F)c1. The summed E-state index contributed by atoms with van der Waals surface area (Å²) in [5.74, 6) is -2.07. The summed E-state index contributed by atoms with van der Waals surface area (Å²) in [4.78, 5) is 11.5. The second-order valence-electron chi connectivity index (χ2n) is 3.68. The lowest BCUT2D eigenvalue weighted by molar-refractivity contribution is -0.140. The van der Waals surface area contributed by atoms with Crippen LogP contribution in [-0.4, -0.2) is 17.3 Å². The molecule has 0 aliphatic heterocycles. The minimum Gasteiger partial charge on any atom is -0.351 e. The maximum atomic E-state index is 13.0. The van der Waals surface area contributed by atoms with E-state index in [9.17, 15) is 22.4 Å². The zero-order valence-corrected chi connectivity index (χ0v) is 10.9. The molecule has 0 fully saturated rings. The Bertz CT molecular complexity index is 445. The summed E-state index contributed by atoms with van der Waals surface area (Å²) >= 11 is 3.18. The van der Waals surface area contributed by atoms with Gasteiger partial charge in [0, 0.05) is 16.9 Å². The molecule has 0 aromatic heterocycles. The molecule has 18 heavy (non-hydrogen) atoms. The van der Waals surface area contributed by atoms with Gasteiger partial charge in [0.2, 0.25) is 0 Å². The first kappa shape index (κ1) is 14.9. The lowest BCUT2D eigenvalue weighted by atomic mass is 10.1. The van der Waals surface area contributed by atoms with Crippen molar-refractivity contribution in [2.24, 2.45) is 0 Å². The molecule has 0 heterocycles. The zero-order chi connectivity index (χ0) is 13.9. The van der Waals surface area contributed by atoms with E-state index in [2.05, 4.69) is 21.2 Å². The van der Waals surface area contributed by atoms with Crippen molar-refractivity contribution in [1.82, 2.24) is 5.32 Å². The Morgan fingerprint density at radius 3 is 2.56 bits per heavy atom. The summed E-state index contributed by atoms with van der Waals surface area (Å²) in [5, 5.41) is 2.42. The Morgan fingerprint density at radius 1 is 1.44 bits per heavy atom. The number of hydrogen-bond acceptors (Lipinski definition) is 1. The van der Waals surface area contributed by atoms with E-state index in [4.69, 9.17) is 0 Å². The highest BCUT2D eigenvalue weighted by Gasteiger charge is 2.34. The summed E-state index contributed by atoms with van der Waals surface area (Å²) in [6.45, 7) is 2.03. The largest absolute Gasteiger partial charge is 0.419 e. The molecule has 7 heteroatoms. The smallest absolute Gasteiger partial charge is 0.351 e. The minimum absolute atomic E-state index is 0.0102. The molecular weight excluding hydrogens is 318 g/mol. The average molecular weight is 328 g/mol. The minimum atomic E-state index is -4.82. The van der Waals surface area contributed by atoms with Crippen LogP contribution in [0.4, 0.5) is 17.6 Å². The molecule has 0 aliphatic rings. The summed E-state index contributed by atoms with van der Waals surface area (Å²) in [6.07, 6.45) is -4.82. The maximum absolute atomic E-state index is 13.0. The zero-order valence-electron chi connectivity index (χ0n) is 9.31.